The smallest absolute Gasteiger partial charge is 0.399 e. The Balaban J connectivity index is 1.56. The van der Waals surface area contributed by atoms with Crippen LogP contribution in [0.2, 0.25) is 0 Å². The summed E-state index contributed by atoms with van der Waals surface area (Å²) in [7, 11) is -0.379. The fraction of sp³-hybridized carbons (Fsp3) is 0.273. The van der Waals surface area contributed by atoms with Crippen LogP contribution >= 0.6 is 11.3 Å². The molecule has 5 rings (SSSR count). The third-order valence-corrected chi connectivity index (χ3v) is 6.86. The van der Waals surface area contributed by atoms with Crippen LogP contribution in [0.4, 0.5) is 0 Å². The minimum absolute atomic E-state index is 0.354. The van der Waals surface area contributed by atoms with Gasteiger partial charge in [0.25, 0.3) is 0 Å². The molecule has 0 unspecified atom stereocenters. The lowest BCUT2D eigenvalue weighted by Crippen LogP contribution is -2.41. The number of rotatable bonds is 2. The predicted octanol–water partition coefficient (Wildman–Crippen LogP) is 4.81. The first kappa shape index (κ1) is 17.8. The van der Waals surface area contributed by atoms with Gasteiger partial charge in [0.1, 0.15) is 10.7 Å². The SMILES string of the molecule is CC1(C)OB(c2ccc3sc(-c4nccc5ccccc45)nc3c2)OC1(C)C. The maximum atomic E-state index is 6.19. The molecule has 6 heteroatoms. The van der Waals surface area contributed by atoms with E-state index in [2.05, 4.69) is 63.0 Å². The molecule has 0 saturated carbocycles. The number of nitrogens with zero attached hydrogens (tertiary/aromatic N) is 2. The van der Waals surface area contributed by atoms with E-state index in [-0.39, 0.29) is 18.3 Å². The van der Waals surface area contributed by atoms with Crippen molar-refractivity contribution in [1.29, 1.82) is 0 Å². The summed E-state index contributed by atoms with van der Waals surface area (Å²) in [5, 5.41) is 3.22. The normalized spacial score (nSPS) is 18.2. The van der Waals surface area contributed by atoms with E-state index in [1.807, 2.05) is 24.4 Å². The van der Waals surface area contributed by atoms with Crippen molar-refractivity contribution in [2.75, 3.05) is 0 Å². The van der Waals surface area contributed by atoms with Gasteiger partial charge in [0.2, 0.25) is 0 Å². The molecule has 1 aliphatic rings. The van der Waals surface area contributed by atoms with Crippen LogP contribution < -0.4 is 5.46 Å². The van der Waals surface area contributed by atoms with Gasteiger partial charge < -0.3 is 9.31 Å². The van der Waals surface area contributed by atoms with Crippen LogP contribution in [-0.4, -0.2) is 28.3 Å². The van der Waals surface area contributed by atoms with E-state index in [4.69, 9.17) is 14.3 Å². The zero-order valence-corrected chi connectivity index (χ0v) is 17.2. The zero-order valence-electron chi connectivity index (χ0n) is 16.4. The number of hydrogen-bond donors (Lipinski definition) is 0. The van der Waals surface area contributed by atoms with Crippen molar-refractivity contribution in [1.82, 2.24) is 9.97 Å². The van der Waals surface area contributed by atoms with Crippen molar-refractivity contribution in [2.45, 2.75) is 38.9 Å². The van der Waals surface area contributed by atoms with Crippen LogP contribution in [0, 0.1) is 0 Å². The summed E-state index contributed by atoms with van der Waals surface area (Å²) in [6, 6.07) is 16.6. The highest BCUT2D eigenvalue weighted by Gasteiger charge is 2.51. The second kappa shape index (κ2) is 6.11. The summed E-state index contributed by atoms with van der Waals surface area (Å²) in [6.45, 7) is 8.27. The Labute approximate surface area is 168 Å². The third kappa shape index (κ3) is 2.75. The van der Waals surface area contributed by atoms with Gasteiger partial charge in [0, 0.05) is 11.6 Å². The topological polar surface area (TPSA) is 44.2 Å². The molecule has 0 amide bonds. The standard InChI is InChI=1S/C22H21BN2O2S/c1-21(2)22(3,4)27-23(26-21)15-9-10-18-17(13-15)25-20(28-18)19-16-8-6-5-7-14(16)11-12-24-19/h5-13H,1-4H3. The van der Waals surface area contributed by atoms with Crippen LogP contribution in [-0.2, 0) is 9.31 Å². The van der Waals surface area contributed by atoms with E-state index in [9.17, 15) is 0 Å². The average Bonchev–Trinajstić information content (AvgIpc) is 3.18. The first-order valence-electron chi connectivity index (χ1n) is 9.44. The molecular formula is C22H21BN2O2S. The Morgan fingerprint density at radius 1 is 0.929 bits per heavy atom. The van der Waals surface area contributed by atoms with E-state index < -0.39 is 0 Å². The molecule has 0 aliphatic carbocycles. The fourth-order valence-electron chi connectivity index (χ4n) is 3.46. The van der Waals surface area contributed by atoms with E-state index in [0.29, 0.717) is 0 Å². The van der Waals surface area contributed by atoms with Gasteiger partial charge in [-0.2, -0.15) is 0 Å². The number of pyridine rings is 1. The van der Waals surface area contributed by atoms with Gasteiger partial charge in [-0.25, -0.2) is 4.98 Å². The van der Waals surface area contributed by atoms with Crippen LogP contribution in [0.3, 0.4) is 0 Å². The lowest BCUT2D eigenvalue weighted by Gasteiger charge is -2.32. The molecule has 140 valence electrons. The lowest BCUT2D eigenvalue weighted by molar-refractivity contribution is 0.00578. The molecular weight excluding hydrogens is 367 g/mol. The van der Waals surface area contributed by atoms with Crippen LogP contribution in [0.15, 0.2) is 54.7 Å². The molecule has 4 nitrogen and oxygen atoms in total. The van der Waals surface area contributed by atoms with E-state index >= 15 is 0 Å². The van der Waals surface area contributed by atoms with Gasteiger partial charge in [-0.05, 0) is 56.7 Å². The van der Waals surface area contributed by atoms with Gasteiger partial charge in [0.05, 0.1) is 21.4 Å². The zero-order chi connectivity index (χ0) is 19.5. The van der Waals surface area contributed by atoms with Gasteiger partial charge in [-0.15, -0.1) is 11.3 Å². The van der Waals surface area contributed by atoms with Crippen molar-refractivity contribution in [3.8, 4) is 10.7 Å². The molecule has 1 aliphatic heterocycles. The Kier molecular flexibility index (Phi) is 3.88. The molecule has 4 aromatic rings. The molecule has 1 saturated heterocycles. The molecule has 3 heterocycles. The lowest BCUT2D eigenvalue weighted by atomic mass is 9.79. The number of thiazole rings is 1. The van der Waals surface area contributed by atoms with Crippen molar-refractivity contribution in [2.24, 2.45) is 0 Å². The highest BCUT2D eigenvalue weighted by atomic mass is 32.1. The van der Waals surface area contributed by atoms with Crippen molar-refractivity contribution in [3.05, 3.63) is 54.7 Å². The number of aromatic nitrogens is 2. The first-order valence-corrected chi connectivity index (χ1v) is 10.3. The van der Waals surface area contributed by atoms with Crippen LogP contribution in [0.25, 0.3) is 31.7 Å². The summed E-state index contributed by atoms with van der Waals surface area (Å²) < 4.78 is 13.5. The summed E-state index contributed by atoms with van der Waals surface area (Å²) in [5.41, 5.74) is 2.16. The minimum Gasteiger partial charge on any atom is -0.399 e. The van der Waals surface area contributed by atoms with Crippen molar-refractivity contribution < 1.29 is 9.31 Å². The van der Waals surface area contributed by atoms with Gasteiger partial charge in [-0.3, -0.25) is 4.98 Å². The second-order valence-electron chi connectivity index (χ2n) is 8.22. The number of benzene rings is 2. The third-order valence-electron chi connectivity index (χ3n) is 5.81. The predicted molar refractivity (Wildman–Crippen MR) is 116 cm³/mol. The first-order chi connectivity index (χ1) is 13.3. The second-order valence-corrected chi connectivity index (χ2v) is 9.25. The summed E-state index contributed by atoms with van der Waals surface area (Å²) in [4.78, 5) is 9.49. The Bertz CT molecular complexity index is 1180. The van der Waals surface area contributed by atoms with E-state index in [0.717, 1.165) is 31.8 Å². The van der Waals surface area contributed by atoms with Gasteiger partial charge in [0.15, 0.2) is 0 Å². The average molecular weight is 388 g/mol. The molecule has 0 N–H and O–H groups in total. The molecule has 2 aromatic carbocycles. The summed E-state index contributed by atoms with van der Waals surface area (Å²) in [5.74, 6) is 0. The maximum Gasteiger partial charge on any atom is 0.494 e. The highest BCUT2D eigenvalue weighted by molar-refractivity contribution is 7.21. The highest BCUT2D eigenvalue weighted by Crippen LogP contribution is 2.37. The number of hydrogen-bond acceptors (Lipinski definition) is 5. The molecule has 0 radical (unpaired) electrons. The molecule has 28 heavy (non-hydrogen) atoms. The van der Waals surface area contributed by atoms with E-state index in [1.165, 1.54) is 5.39 Å². The molecule has 1 fully saturated rings. The largest absolute Gasteiger partial charge is 0.494 e. The number of fused-ring (bicyclic) bond motifs is 2. The van der Waals surface area contributed by atoms with Gasteiger partial charge in [-0.1, -0.05) is 30.3 Å². The monoisotopic (exact) mass is 388 g/mol. The molecule has 0 spiro atoms. The summed E-state index contributed by atoms with van der Waals surface area (Å²) in [6.07, 6.45) is 1.85. The quantitative estimate of drug-likeness (QED) is 0.462. The van der Waals surface area contributed by atoms with Gasteiger partial charge >= 0.3 is 7.12 Å². The Morgan fingerprint density at radius 3 is 2.46 bits per heavy atom. The van der Waals surface area contributed by atoms with Crippen molar-refractivity contribution in [3.63, 3.8) is 0 Å². The minimum atomic E-state index is -0.379. The van der Waals surface area contributed by atoms with Crippen molar-refractivity contribution >= 4 is 44.9 Å². The maximum absolute atomic E-state index is 6.19. The Morgan fingerprint density at radius 2 is 1.68 bits per heavy atom. The molecule has 0 bridgehead atoms. The molecule has 2 aromatic heterocycles. The Hall–Kier alpha value is -2.28. The van der Waals surface area contributed by atoms with Crippen LogP contribution in [0.5, 0.6) is 0 Å². The summed E-state index contributed by atoms with van der Waals surface area (Å²) >= 11 is 1.66. The van der Waals surface area contributed by atoms with Crippen LogP contribution in [0.1, 0.15) is 27.7 Å². The van der Waals surface area contributed by atoms with E-state index in [1.54, 1.807) is 11.3 Å². The molecule has 0 atom stereocenters. The fourth-order valence-corrected chi connectivity index (χ4v) is 4.42.